The molecule has 1 aromatic carbocycles. The molecule has 17 heavy (non-hydrogen) atoms. The molecule has 0 bridgehead atoms. The van der Waals surface area contributed by atoms with Gasteiger partial charge in [0, 0.05) is 12.6 Å². The molecule has 0 radical (unpaired) electrons. The van der Waals surface area contributed by atoms with Crippen LogP contribution in [0.4, 0.5) is 5.69 Å². The zero-order valence-electron chi connectivity index (χ0n) is 9.89. The molecule has 0 aliphatic carbocycles. The van der Waals surface area contributed by atoms with E-state index < -0.39 is 5.60 Å². The number of hydrogen-bond acceptors (Lipinski definition) is 4. The van der Waals surface area contributed by atoms with Gasteiger partial charge in [0.15, 0.2) is 0 Å². The number of benzene rings is 1. The number of carbonyl (C=O) groups excluding carboxylic acids is 2. The molecule has 0 aromatic heterocycles. The second kappa shape index (κ2) is 3.76. The first-order chi connectivity index (χ1) is 8.04. The molecule has 2 rings (SSSR count). The highest BCUT2D eigenvalue weighted by Gasteiger charge is 2.48. The van der Waals surface area contributed by atoms with Crippen molar-refractivity contribution in [3.63, 3.8) is 0 Å². The van der Waals surface area contributed by atoms with Gasteiger partial charge in [0.2, 0.25) is 5.60 Å². The number of rotatable bonds is 3. The third-order valence-corrected chi connectivity index (χ3v) is 3.08. The number of likely N-dealkylation sites (N-methyl/N-ethyl adjacent to an activating group) is 1. The van der Waals surface area contributed by atoms with Gasteiger partial charge in [-0.15, -0.1) is 0 Å². The Morgan fingerprint density at radius 3 is 2.71 bits per heavy atom. The van der Waals surface area contributed by atoms with E-state index in [0.717, 1.165) is 5.69 Å². The Bertz CT molecular complexity index is 485. The van der Waals surface area contributed by atoms with E-state index in [4.69, 9.17) is 9.47 Å². The van der Waals surface area contributed by atoms with Gasteiger partial charge in [-0.2, -0.15) is 0 Å². The van der Waals surface area contributed by atoms with Crippen LogP contribution in [0.3, 0.4) is 0 Å². The lowest BCUT2D eigenvalue weighted by molar-refractivity contribution is -0.154. The summed E-state index contributed by atoms with van der Waals surface area (Å²) in [7, 11) is 3.19. The van der Waals surface area contributed by atoms with Crippen molar-refractivity contribution in [1.29, 1.82) is 0 Å². The minimum absolute atomic E-state index is 0.271. The number of carbonyl (C=O) groups is 2. The summed E-state index contributed by atoms with van der Waals surface area (Å²) in [5.74, 6) is 0.348. The van der Waals surface area contributed by atoms with Gasteiger partial charge in [0.25, 0.3) is 12.4 Å². The molecule has 1 aliphatic rings. The number of methoxy groups -OCH3 is 1. The summed E-state index contributed by atoms with van der Waals surface area (Å²) in [5, 5.41) is 0. The summed E-state index contributed by atoms with van der Waals surface area (Å²) in [4.78, 5) is 24.1. The van der Waals surface area contributed by atoms with Crippen molar-refractivity contribution in [2.75, 3.05) is 19.1 Å². The van der Waals surface area contributed by atoms with Crippen molar-refractivity contribution in [1.82, 2.24) is 0 Å². The SMILES string of the molecule is COc1ccc2c(c1)[C@@](C)(OC=O)C(=O)N2C. The van der Waals surface area contributed by atoms with E-state index >= 15 is 0 Å². The molecule has 5 nitrogen and oxygen atoms in total. The molecule has 1 aliphatic heterocycles. The fourth-order valence-corrected chi connectivity index (χ4v) is 2.07. The average molecular weight is 235 g/mol. The fourth-order valence-electron chi connectivity index (χ4n) is 2.07. The van der Waals surface area contributed by atoms with Crippen LogP contribution in [-0.4, -0.2) is 26.5 Å². The molecule has 0 fully saturated rings. The standard InChI is InChI=1S/C12H13NO4/c1-12(17-7-14)9-6-8(16-3)4-5-10(9)13(2)11(12)15/h4-7H,1-3H3/t12-/m1/s1. The van der Waals surface area contributed by atoms with Gasteiger partial charge in [-0.25, -0.2) is 0 Å². The van der Waals surface area contributed by atoms with Crippen LogP contribution >= 0.6 is 0 Å². The molecule has 1 aromatic rings. The van der Waals surface area contributed by atoms with E-state index in [1.54, 1.807) is 39.3 Å². The van der Waals surface area contributed by atoms with Gasteiger partial charge < -0.3 is 14.4 Å². The molecule has 0 saturated heterocycles. The Morgan fingerprint density at radius 2 is 2.12 bits per heavy atom. The first kappa shape index (κ1) is 11.4. The van der Waals surface area contributed by atoms with Crippen molar-refractivity contribution in [3.05, 3.63) is 23.8 Å². The van der Waals surface area contributed by atoms with E-state index in [1.165, 1.54) is 4.90 Å². The molecule has 0 spiro atoms. The lowest BCUT2D eigenvalue weighted by Crippen LogP contribution is -2.38. The molecular weight excluding hydrogens is 222 g/mol. The van der Waals surface area contributed by atoms with E-state index in [0.29, 0.717) is 17.8 Å². The quantitative estimate of drug-likeness (QED) is 0.735. The van der Waals surface area contributed by atoms with Crippen LogP contribution in [0.1, 0.15) is 12.5 Å². The van der Waals surface area contributed by atoms with Crippen LogP contribution in [0.2, 0.25) is 0 Å². The summed E-state index contributed by atoms with van der Waals surface area (Å²) >= 11 is 0. The Balaban J connectivity index is 2.60. The van der Waals surface area contributed by atoms with Crippen molar-refractivity contribution < 1.29 is 19.1 Å². The molecule has 5 heteroatoms. The molecule has 90 valence electrons. The number of ether oxygens (including phenoxy) is 2. The van der Waals surface area contributed by atoms with Crippen LogP contribution in [0.5, 0.6) is 5.75 Å². The Morgan fingerprint density at radius 1 is 1.41 bits per heavy atom. The van der Waals surface area contributed by atoms with Crippen LogP contribution in [0.15, 0.2) is 18.2 Å². The Kier molecular flexibility index (Phi) is 2.53. The lowest BCUT2D eigenvalue weighted by atomic mass is 9.97. The van der Waals surface area contributed by atoms with Crippen molar-refractivity contribution >= 4 is 18.1 Å². The highest BCUT2D eigenvalue weighted by atomic mass is 16.5. The predicted molar refractivity (Wildman–Crippen MR) is 60.9 cm³/mol. The fraction of sp³-hybridized carbons (Fsp3) is 0.333. The maximum Gasteiger partial charge on any atom is 0.294 e. The zero-order valence-corrected chi connectivity index (χ0v) is 9.89. The minimum Gasteiger partial charge on any atom is -0.497 e. The second-order valence-electron chi connectivity index (χ2n) is 3.99. The Labute approximate surface area is 98.9 Å². The van der Waals surface area contributed by atoms with Gasteiger partial charge in [0.1, 0.15) is 5.75 Å². The largest absolute Gasteiger partial charge is 0.497 e. The number of anilines is 1. The third-order valence-electron chi connectivity index (χ3n) is 3.08. The number of nitrogens with zero attached hydrogens (tertiary/aromatic N) is 1. The third kappa shape index (κ3) is 1.46. The number of hydrogen-bond donors (Lipinski definition) is 0. The van der Waals surface area contributed by atoms with Crippen molar-refractivity contribution in [2.24, 2.45) is 0 Å². The maximum absolute atomic E-state index is 12.1. The van der Waals surface area contributed by atoms with Crippen molar-refractivity contribution in [3.8, 4) is 5.75 Å². The summed E-state index contributed by atoms with van der Waals surface area (Å²) in [5.41, 5.74) is 0.0944. The van der Waals surface area contributed by atoms with Gasteiger partial charge in [0.05, 0.1) is 12.8 Å². The molecule has 1 heterocycles. The second-order valence-corrected chi connectivity index (χ2v) is 3.99. The lowest BCUT2D eigenvalue weighted by Gasteiger charge is -2.20. The van der Waals surface area contributed by atoms with Crippen molar-refractivity contribution in [2.45, 2.75) is 12.5 Å². The van der Waals surface area contributed by atoms with E-state index in [9.17, 15) is 9.59 Å². The number of amides is 1. The summed E-state index contributed by atoms with van der Waals surface area (Å²) < 4.78 is 10.1. The van der Waals surface area contributed by atoms with E-state index in [-0.39, 0.29) is 5.91 Å². The first-order valence-corrected chi connectivity index (χ1v) is 5.12. The normalized spacial score (nSPS) is 22.3. The number of fused-ring (bicyclic) bond motifs is 1. The summed E-state index contributed by atoms with van der Waals surface area (Å²) in [6.45, 7) is 1.87. The predicted octanol–water partition coefficient (Wildman–Crippen LogP) is 1.06. The maximum atomic E-state index is 12.1. The topological polar surface area (TPSA) is 55.8 Å². The van der Waals surface area contributed by atoms with Crippen LogP contribution in [0.25, 0.3) is 0 Å². The summed E-state index contributed by atoms with van der Waals surface area (Å²) in [6, 6.07) is 5.24. The van der Waals surface area contributed by atoms with Gasteiger partial charge in [-0.3, -0.25) is 9.59 Å². The molecular formula is C12H13NO4. The first-order valence-electron chi connectivity index (χ1n) is 5.12. The van der Waals surface area contributed by atoms with Crippen LogP contribution < -0.4 is 9.64 Å². The highest BCUT2D eigenvalue weighted by molar-refractivity contribution is 6.07. The van der Waals surface area contributed by atoms with Crippen LogP contribution in [-0.2, 0) is 19.9 Å². The van der Waals surface area contributed by atoms with Gasteiger partial charge in [-0.05, 0) is 25.1 Å². The minimum atomic E-state index is -1.26. The molecule has 1 atom stereocenters. The van der Waals surface area contributed by atoms with Gasteiger partial charge in [-0.1, -0.05) is 0 Å². The Hall–Kier alpha value is -2.04. The molecule has 0 saturated carbocycles. The summed E-state index contributed by atoms with van der Waals surface area (Å²) in [6.07, 6.45) is 0. The van der Waals surface area contributed by atoms with E-state index in [2.05, 4.69) is 0 Å². The monoisotopic (exact) mass is 235 g/mol. The zero-order chi connectivity index (χ0) is 12.6. The molecule has 0 N–H and O–H groups in total. The molecule has 0 unspecified atom stereocenters. The smallest absolute Gasteiger partial charge is 0.294 e. The highest BCUT2D eigenvalue weighted by Crippen LogP contribution is 2.42. The molecule has 1 amide bonds. The van der Waals surface area contributed by atoms with E-state index in [1.807, 2.05) is 0 Å². The van der Waals surface area contributed by atoms with Gasteiger partial charge >= 0.3 is 0 Å². The average Bonchev–Trinajstić information content (AvgIpc) is 2.52. The van der Waals surface area contributed by atoms with Crippen LogP contribution in [0, 0.1) is 0 Å².